The molecule has 43 heavy (non-hydrogen) atoms. The van der Waals surface area contributed by atoms with Gasteiger partial charge in [-0.2, -0.15) is 0 Å². The van der Waals surface area contributed by atoms with Crippen LogP contribution in [0.1, 0.15) is 73.3 Å². The fourth-order valence-electron chi connectivity index (χ4n) is 7.05. The van der Waals surface area contributed by atoms with Gasteiger partial charge in [-0.15, -0.1) is 0 Å². The highest BCUT2D eigenvalue weighted by Gasteiger charge is 2.39. The summed E-state index contributed by atoms with van der Waals surface area (Å²) in [5.41, 5.74) is 5.57. The molecule has 2 aromatic carbocycles. The molecule has 0 radical (unpaired) electrons. The molecule has 6 rings (SSSR count). The Kier molecular flexibility index (Phi) is 8.68. The van der Waals surface area contributed by atoms with E-state index in [1.807, 2.05) is 19.1 Å². The summed E-state index contributed by atoms with van der Waals surface area (Å²) in [6.45, 7) is 4.12. The Bertz CT molecular complexity index is 1470. The normalized spacial score (nSPS) is 21.6. The van der Waals surface area contributed by atoms with Gasteiger partial charge in [0.2, 0.25) is 5.88 Å². The van der Waals surface area contributed by atoms with E-state index in [0.717, 1.165) is 78.6 Å². The molecule has 1 aromatic heterocycles. The number of halogens is 1. The number of carbonyl (C=O) groups is 1. The van der Waals surface area contributed by atoms with E-state index in [1.54, 1.807) is 13.2 Å². The second kappa shape index (κ2) is 12.6. The Hall–Kier alpha value is -3.49. The zero-order valence-electron chi connectivity index (χ0n) is 25.2. The van der Waals surface area contributed by atoms with Crippen LogP contribution >= 0.6 is 0 Å². The summed E-state index contributed by atoms with van der Waals surface area (Å²) in [6, 6.07) is 14.5. The third-order valence-corrected chi connectivity index (χ3v) is 9.54. The highest BCUT2D eigenvalue weighted by atomic mass is 19.1. The van der Waals surface area contributed by atoms with Gasteiger partial charge in [-0.1, -0.05) is 37.3 Å². The summed E-state index contributed by atoms with van der Waals surface area (Å²) in [4.78, 5) is 18.4. The van der Waals surface area contributed by atoms with Crippen molar-refractivity contribution in [2.75, 3.05) is 27.4 Å². The molecule has 1 N–H and O–H groups in total. The van der Waals surface area contributed by atoms with E-state index >= 15 is 4.39 Å². The van der Waals surface area contributed by atoms with Crippen LogP contribution in [0, 0.1) is 17.7 Å². The molecule has 1 saturated heterocycles. The Morgan fingerprint density at radius 3 is 2.70 bits per heavy atom. The van der Waals surface area contributed by atoms with Crippen molar-refractivity contribution in [3.8, 4) is 22.8 Å². The third-order valence-electron chi connectivity index (χ3n) is 9.54. The van der Waals surface area contributed by atoms with Gasteiger partial charge in [0.15, 0.2) is 0 Å². The molecule has 3 aliphatic rings. The number of aliphatic carboxylic acids is 1. The van der Waals surface area contributed by atoms with E-state index in [0.29, 0.717) is 36.6 Å². The molecule has 4 atom stereocenters. The first-order valence-corrected chi connectivity index (χ1v) is 15.4. The highest BCUT2D eigenvalue weighted by molar-refractivity contribution is 5.71. The Balaban J connectivity index is 1.32. The molecular formula is C35H41FN2O5. The van der Waals surface area contributed by atoms with E-state index in [2.05, 4.69) is 34.1 Å². The number of hydrogen-bond donors (Lipinski definition) is 1. The van der Waals surface area contributed by atoms with Gasteiger partial charge in [0.25, 0.3) is 0 Å². The highest BCUT2D eigenvalue weighted by Crippen LogP contribution is 2.48. The summed E-state index contributed by atoms with van der Waals surface area (Å²) in [5.74, 6) is 0.0289. The smallest absolute Gasteiger partial charge is 0.306 e. The van der Waals surface area contributed by atoms with Crippen molar-refractivity contribution in [2.45, 2.75) is 70.1 Å². The molecule has 2 aliphatic heterocycles. The number of ether oxygens (including phenoxy) is 3. The largest absolute Gasteiger partial charge is 0.485 e. The average Bonchev–Trinajstić information content (AvgIpc) is 3.76. The van der Waals surface area contributed by atoms with E-state index in [4.69, 9.17) is 14.2 Å². The fourth-order valence-corrected chi connectivity index (χ4v) is 7.05. The van der Waals surface area contributed by atoms with Gasteiger partial charge in [-0.05, 0) is 90.8 Å². The van der Waals surface area contributed by atoms with Crippen molar-refractivity contribution in [3.05, 3.63) is 76.7 Å². The third kappa shape index (κ3) is 6.27. The Morgan fingerprint density at radius 2 is 1.95 bits per heavy atom. The van der Waals surface area contributed by atoms with Crippen LogP contribution in [0.3, 0.4) is 0 Å². The Labute approximate surface area is 253 Å². The SMILES string of the molecule is COC[C@H]1CCCN1Cc1cc([C@H]2CCc3ccc(C(C4CC4)[C@H](C)C(=O)O)cc3O2)ccc1-c1cc(OC)ncc1F. The molecule has 0 spiro atoms. The van der Waals surface area contributed by atoms with Gasteiger partial charge in [-0.3, -0.25) is 9.69 Å². The molecule has 1 unspecified atom stereocenters. The fraction of sp³-hybridized carbons (Fsp3) is 0.486. The molecule has 7 nitrogen and oxygen atoms in total. The zero-order valence-corrected chi connectivity index (χ0v) is 25.2. The predicted molar refractivity (Wildman–Crippen MR) is 162 cm³/mol. The maximum absolute atomic E-state index is 15.2. The molecular weight excluding hydrogens is 547 g/mol. The summed E-state index contributed by atoms with van der Waals surface area (Å²) in [5, 5.41) is 9.77. The standard InChI is InChI=1S/C35H41FN2O5/c1-21(35(39)40)34(23-7-8-23)25-9-6-22-11-13-31(43-32(22)16-25)24-10-12-28(29-17-33(42-3)37-18-30(29)36)26(15-24)19-38-14-4-5-27(38)20-41-2/h6,9-10,12,15-18,21,23,27,31,34H,4-5,7-8,11,13-14,19-20H2,1-3H3,(H,39,40)/t21-,27+,31+,34?/m0/s1. The molecule has 228 valence electrons. The molecule has 0 amide bonds. The lowest BCUT2D eigenvalue weighted by Crippen LogP contribution is -2.32. The van der Waals surface area contributed by atoms with Crippen molar-refractivity contribution in [1.82, 2.24) is 9.88 Å². The number of likely N-dealkylation sites (tertiary alicyclic amines) is 1. The molecule has 0 bridgehead atoms. The summed E-state index contributed by atoms with van der Waals surface area (Å²) < 4.78 is 32.6. The molecule has 1 aliphatic carbocycles. The zero-order chi connectivity index (χ0) is 30.1. The first-order chi connectivity index (χ1) is 20.9. The van der Waals surface area contributed by atoms with Crippen LogP contribution in [-0.4, -0.2) is 54.4 Å². The number of aryl methyl sites for hydroxylation is 1. The molecule has 8 heteroatoms. The van der Waals surface area contributed by atoms with Crippen molar-refractivity contribution in [1.29, 1.82) is 0 Å². The van der Waals surface area contributed by atoms with E-state index < -0.39 is 11.9 Å². The monoisotopic (exact) mass is 588 g/mol. The van der Waals surface area contributed by atoms with Crippen LogP contribution in [0.5, 0.6) is 11.6 Å². The number of aromatic nitrogens is 1. The van der Waals surface area contributed by atoms with Crippen LogP contribution in [-0.2, 0) is 22.5 Å². The van der Waals surface area contributed by atoms with Gasteiger partial charge >= 0.3 is 5.97 Å². The number of pyridine rings is 1. The average molecular weight is 589 g/mol. The minimum atomic E-state index is -0.755. The van der Waals surface area contributed by atoms with Crippen LogP contribution < -0.4 is 9.47 Å². The lowest BCUT2D eigenvalue weighted by molar-refractivity contribution is -0.142. The minimum Gasteiger partial charge on any atom is -0.485 e. The summed E-state index contributed by atoms with van der Waals surface area (Å²) in [7, 11) is 3.27. The number of nitrogens with zero attached hydrogens (tertiary/aromatic N) is 2. The van der Waals surface area contributed by atoms with Gasteiger partial charge in [0.05, 0.1) is 25.8 Å². The van der Waals surface area contributed by atoms with Gasteiger partial charge in [0, 0.05) is 31.3 Å². The van der Waals surface area contributed by atoms with Crippen molar-refractivity contribution in [2.24, 2.45) is 11.8 Å². The second-order valence-corrected chi connectivity index (χ2v) is 12.3. The topological polar surface area (TPSA) is 81.1 Å². The minimum absolute atomic E-state index is 0.00887. The van der Waals surface area contributed by atoms with Gasteiger partial charge < -0.3 is 19.3 Å². The summed E-state index contributed by atoms with van der Waals surface area (Å²) >= 11 is 0. The Morgan fingerprint density at radius 1 is 1.12 bits per heavy atom. The predicted octanol–water partition coefficient (Wildman–Crippen LogP) is 6.79. The van der Waals surface area contributed by atoms with Crippen LogP contribution in [0.25, 0.3) is 11.1 Å². The summed E-state index contributed by atoms with van der Waals surface area (Å²) in [6.07, 6.45) is 7.09. The molecule has 3 heterocycles. The van der Waals surface area contributed by atoms with Crippen molar-refractivity contribution in [3.63, 3.8) is 0 Å². The van der Waals surface area contributed by atoms with E-state index in [1.165, 1.54) is 13.3 Å². The van der Waals surface area contributed by atoms with Gasteiger partial charge in [0.1, 0.15) is 17.7 Å². The maximum Gasteiger partial charge on any atom is 0.306 e. The number of hydrogen-bond acceptors (Lipinski definition) is 6. The number of benzene rings is 2. The number of methoxy groups -OCH3 is 2. The lowest BCUT2D eigenvalue weighted by atomic mass is 9.82. The number of carboxylic acid groups (broad SMARTS) is 1. The van der Waals surface area contributed by atoms with Crippen molar-refractivity contribution < 1.29 is 28.5 Å². The maximum atomic E-state index is 15.2. The number of carboxylic acids is 1. The lowest BCUT2D eigenvalue weighted by Gasteiger charge is -2.30. The van der Waals surface area contributed by atoms with Gasteiger partial charge in [-0.25, -0.2) is 9.37 Å². The van der Waals surface area contributed by atoms with Crippen molar-refractivity contribution >= 4 is 5.97 Å². The molecule has 3 aromatic rings. The van der Waals surface area contributed by atoms with Crippen LogP contribution in [0.4, 0.5) is 4.39 Å². The quantitative estimate of drug-likeness (QED) is 0.264. The molecule has 1 saturated carbocycles. The van der Waals surface area contributed by atoms with E-state index in [-0.39, 0.29) is 17.8 Å². The van der Waals surface area contributed by atoms with Crippen LogP contribution in [0.2, 0.25) is 0 Å². The number of rotatable bonds is 11. The van der Waals surface area contributed by atoms with E-state index in [9.17, 15) is 9.90 Å². The first-order valence-electron chi connectivity index (χ1n) is 15.4. The first kappa shape index (κ1) is 29.6. The molecule has 2 fully saturated rings. The number of fused-ring (bicyclic) bond motifs is 1. The second-order valence-electron chi connectivity index (χ2n) is 12.3. The van der Waals surface area contributed by atoms with Crippen LogP contribution in [0.15, 0.2) is 48.7 Å².